The Labute approximate surface area is 82.4 Å². The van der Waals surface area contributed by atoms with Gasteiger partial charge >= 0.3 is 0 Å². The Kier molecular flexibility index (Phi) is 2.04. The van der Waals surface area contributed by atoms with E-state index in [1.807, 2.05) is 4.57 Å². The highest BCUT2D eigenvalue weighted by Crippen LogP contribution is 2.46. The maximum atomic E-state index is 9.06. The highest BCUT2D eigenvalue weighted by molar-refractivity contribution is 7.71. The van der Waals surface area contributed by atoms with Crippen LogP contribution in [0.1, 0.15) is 25.5 Å². The van der Waals surface area contributed by atoms with Crippen molar-refractivity contribution in [3.8, 4) is 0 Å². The molecule has 1 saturated carbocycles. The van der Waals surface area contributed by atoms with E-state index in [0.717, 1.165) is 17.0 Å². The van der Waals surface area contributed by atoms with Gasteiger partial charge < -0.3 is 14.7 Å². The van der Waals surface area contributed by atoms with Gasteiger partial charge in [-0.25, -0.2) is 0 Å². The number of hydrogen-bond donors (Lipinski definition) is 2. The molecule has 1 aliphatic carbocycles. The molecule has 0 radical (unpaired) electrons. The molecular weight excluding hydrogens is 184 g/mol. The molecule has 2 N–H and O–H groups in total. The second-order valence-corrected chi connectivity index (χ2v) is 4.53. The van der Waals surface area contributed by atoms with Gasteiger partial charge in [-0.15, -0.1) is 0 Å². The number of nitrogens with zero attached hydrogens (tertiary/aromatic N) is 1. The fourth-order valence-corrected chi connectivity index (χ4v) is 1.73. The van der Waals surface area contributed by atoms with Crippen molar-refractivity contribution in [1.82, 2.24) is 9.55 Å². The second kappa shape index (κ2) is 2.96. The van der Waals surface area contributed by atoms with Gasteiger partial charge in [0.05, 0.1) is 12.3 Å². The number of aliphatic hydroxyl groups excluding tert-OH is 1. The Morgan fingerprint density at radius 2 is 2.38 bits per heavy atom. The predicted octanol–water partition coefficient (Wildman–Crippen LogP) is 1.84. The zero-order chi connectivity index (χ0) is 9.47. The molecule has 0 bridgehead atoms. The number of rotatable bonds is 3. The molecular formula is C9H14N2OS. The van der Waals surface area contributed by atoms with E-state index < -0.39 is 0 Å². The lowest BCUT2D eigenvalue weighted by atomic mass is 10.1. The molecule has 0 unspecified atom stereocenters. The number of nitrogens with one attached hydrogen (secondary N) is 1. The largest absolute Gasteiger partial charge is 0.390 e. The van der Waals surface area contributed by atoms with Gasteiger partial charge in [0.25, 0.3) is 0 Å². The molecule has 13 heavy (non-hydrogen) atoms. The molecule has 0 atom stereocenters. The number of H-pyrrole nitrogens is 1. The van der Waals surface area contributed by atoms with Crippen LogP contribution in [0.25, 0.3) is 0 Å². The van der Waals surface area contributed by atoms with Gasteiger partial charge in [0.15, 0.2) is 4.77 Å². The van der Waals surface area contributed by atoms with Crippen molar-refractivity contribution in [2.75, 3.05) is 0 Å². The van der Waals surface area contributed by atoms with Gasteiger partial charge in [0.2, 0.25) is 0 Å². The highest BCUT2D eigenvalue weighted by atomic mass is 32.1. The molecule has 2 rings (SSSR count). The minimum atomic E-state index is 0.0587. The zero-order valence-corrected chi connectivity index (χ0v) is 8.52. The first-order chi connectivity index (χ1) is 6.14. The van der Waals surface area contributed by atoms with Gasteiger partial charge in [-0.1, -0.05) is 6.92 Å². The lowest BCUT2D eigenvalue weighted by molar-refractivity contribution is 0.266. The molecule has 1 fully saturated rings. The van der Waals surface area contributed by atoms with Crippen LogP contribution in [-0.4, -0.2) is 14.7 Å². The summed E-state index contributed by atoms with van der Waals surface area (Å²) in [6, 6.07) is 0. The van der Waals surface area contributed by atoms with Crippen molar-refractivity contribution >= 4 is 12.2 Å². The number of aromatic nitrogens is 2. The maximum absolute atomic E-state index is 9.06. The predicted molar refractivity (Wildman–Crippen MR) is 52.9 cm³/mol. The molecule has 0 aliphatic heterocycles. The van der Waals surface area contributed by atoms with E-state index in [2.05, 4.69) is 11.9 Å². The molecule has 1 aliphatic rings. The Bertz CT molecular complexity index is 362. The smallest absolute Gasteiger partial charge is 0.177 e. The number of aliphatic hydroxyl groups is 1. The standard InChI is InChI=1S/C9H14N2OS/c1-9(2-3-9)6-11-7(5-12)4-10-8(11)13/h4,12H,2-3,5-6H2,1H3,(H,10,13). The Balaban J connectivity index is 2.27. The van der Waals surface area contributed by atoms with Crippen molar-refractivity contribution < 1.29 is 5.11 Å². The first-order valence-electron chi connectivity index (χ1n) is 4.53. The molecule has 1 heterocycles. The maximum Gasteiger partial charge on any atom is 0.177 e. The van der Waals surface area contributed by atoms with Gasteiger partial charge in [-0.2, -0.15) is 0 Å². The van der Waals surface area contributed by atoms with Crippen LogP contribution in [0.15, 0.2) is 6.20 Å². The van der Waals surface area contributed by atoms with Crippen LogP contribution in [0.3, 0.4) is 0 Å². The Morgan fingerprint density at radius 3 is 2.92 bits per heavy atom. The molecule has 0 aromatic carbocycles. The summed E-state index contributed by atoms with van der Waals surface area (Å²) in [4.78, 5) is 2.96. The lowest BCUT2D eigenvalue weighted by Crippen LogP contribution is -2.10. The summed E-state index contributed by atoms with van der Waals surface area (Å²) in [7, 11) is 0. The van der Waals surface area contributed by atoms with Gasteiger partial charge in [0.1, 0.15) is 0 Å². The first-order valence-corrected chi connectivity index (χ1v) is 4.93. The lowest BCUT2D eigenvalue weighted by Gasteiger charge is -2.11. The normalized spacial score (nSPS) is 18.9. The molecule has 0 spiro atoms. The van der Waals surface area contributed by atoms with Crippen molar-refractivity contribution in [3.05, 3.63) is 16.7 Å². The van der Waals surface area contributed by atoms with Crippen molar-refractivity contribution in [1.29, 1.82) is 0 Å². The Hall–Kier alpha value is -0.610. The van der Waals surface area contributed by atoms with Crippen LogP contribution in [0, 0.1) is 10.2 Å². The summed E-state index contributed by atoms with van der Waals surface area (Å²) in [6.45, 7) is 3.25. The number of aromatic amines is 1. The third-order valence-corrected chi connectivity index (χ3v) is 3.10. The van der Waals surface area contributed by atoms with E-state index in [1.165, 1.54) is 12.8 Å². The highest BCUT2D eigenvalue weighted by Gasteiger charge is 2.37. The SMILES string of the molecule is CC1(Cn2c(CO)c[nH]c2=S)CC1. The summed E-state index contributed by atoms with van der Waals surface area (Å²) < 4.78 is 2.72. The zero-order valence-electron chi connectivity index (χ0n) is 7.71. The fraction of sp³-hybridized carbons (Fsp3) is 0.667. The fourth-order valence-electron chi connectivity index (χ4n) is 1.49. The van der Waals surface area contributed by atoms with Crippen molar-refractivity contribution in [3.63, 3.8) is 0 Å². The topological polar surface area (TPSA) is 41.0 Å². The minimum Gasteiger partial charge on any atom is -0.390 e. The van der Waals surface area contributed by atoms with Gasteiger partial charge in [0, 0.05) is 12.7 Å². The van der Waals surface area contributed by atoms with E-state index in [9.17, 15) is 0 Å². The second-order valence-electron chi connectivity index (χ2n) is 4.14. The molecule has 4 heteroatoms. The molecule has 3 nitrogen and oxygen atoms in total. The van der Waals surface area contributed by atoms with Crippen LogP contribution < -0.4 is 0 Å². The average Bonchev–Trinajstić information content (AvgIpc) is 2.72. The molecule has 0 saturated heterocycles. The van der Waals surface area contributed by atoms with E-state index in [4.69, 9.17) is 17.3 Å². The molecule has 0 amide bonds. The van der Waals surface area contributed by atoms with Crippen LogP contribution in [-0.2, 0) is 13.2 Å². The Morgan fingerprint density at radius 1 is 1.69 bits per heavy atom. The quantitative estimate of drug-likeness (QED) is 0.728. The average molecular weight is 198 g/mol. The van der Waals surface area contributed by atoms with E-state index in [-0.39, 0.29) is 6.61 Å². The molecule has 72 valence electrons. The van der Waals surface area contributed by atoms with Gasteiger partial charge in [-0.3, -0.25) is 0 Å². The third kappa shape index (κ3) is 1.69. The van der Waals surface area contributed by atoms with Crippen LogP contribution in [0.2, 0.25) is 0 Å². The summed E-state index contributed by atoms with van der Waals surface area (Å²) in [5.41, 5.74) is 1.31. The van der Waals surface area contributed by atoms with Crippen molar-refractivity contribution in [2.45, 2.75) is 32.9 Å². The first kappa shape index (κ1) is 8.97. The van der Waals surface area contributed by atoms with E-state index in [0.29, 0.717) is 5.41 Å². The molecule has 1 aromatic rings. The van der Waals surface area contributed by atoms with Crippen LogP contribution in [0.5, 0.6) is 0 Å². The summed E-state index contributed by atoms with van der Waals surface area (Å²) in [5, 5.41) is 9.06. The van der Waals surface area contributed by atoms with Crippen LogP contribution >= 0.6 is 12.2 Å². The van der Waals surface area contributed by atoms with E-state index >= 15 is 0 Å². The number of hydrogen-bond acceptors (Lipinski definition) is 2. The monoisotopic (exact) mass is 198 g/mol. The van der Waals surface area contributed by atoms with Crippen LogP contribution in [0.4, 0.5) is 0 Å². The summed E-state index contributed by atoms with van der Waals surface area (Å²) >= 11 is 5.13. The molecule has 1 aromatic heterocycles. The van der Waals surface area contributed by atoms with Crippen molar-refractivity contribution in [2.24, 2.45) is 5.41 Å². The number of imidazole rings is 1. The summed E-state index contributed by atoms with van der Waals surface area (Å²) in [5.74, 6) is 0. The minimum absolute atomic E-state index is 0.0587. The third-order valence-electron chi connectivity index (χ3n) is 2.76. The van der Waals surface area contributed by atoms with E-state index in [1.54, 1.807) is 6.20 Å². The summed E-state index contributed by atoms with van der Waals surface area (Å²) in [6.07, 6.45) is 4.32. The van der Waals surface area contributed by atoms with Gasteiger partial charge in [-0.05, 0) is 30.5 Å².